The summed E-state index contributed by atoms with van der Waals surface area (Å²) in [6.45, 7) is 3.54. The van der Waals surface area contributed by atoms with Crippen LogP contribution >= 0.6 is 0 Å². The van der Waals surface area contributed by atoms with E-state index in [1.165, 1.54) is 6.92 Å². The van der Waals surface area contributed by atoms with Crippen molar-refractivity contribution in [3.63, 3.8) is 0 Å². The molecule has 0 aliphatic carbocycles. The Morgan fingerprint density at radius 3 is 2.35 bits per heavy atom. The summed E-state index contributed by atoms with van der Waals surface area (Å²) in [4.78, 5) is 11.1. The molecule has 0 aliphatic rings. The van der Waals surface area contributed by atoms with E-state index < -0.39 is 0 Å². The molecular formula is C15H15NO. The summed E-state index contributed by atoms with van der Waals surface area (Å²) in [5, 5.41) is 2.82. The van der Waals surface area contributed by atoms with Crippen LogP contribution in [0.5, 0.6) is 0 Å². The Hall–Kier alpha value is -2.09. The molecular weight excluding hydrogens is 210 g/mol. The number of hydrogen-bond acceptors (Lipinski definition) is 1. The van der Waals surface area contributed by atoms with Gasteiger partial charge in [-0.3, -0.25) is 4.79 Å². The minimum atomic E-state index is -0.0467. The van der Waals surface area contributed by atoms with Crippen LogP contribution < -0.4 is 5.32 Å². The van der Waals surface area contributed by atoms with Gasteiger partial charge < -0.3 is 5.32 Å². The van der Waals surface area contributed by atoms with Crippen molar-refractivity contribution in [2.24, 2.45) is 0 Å². The molecule has 2 rings (SSSR count). The zero-order valence-electron chi connectivity index (χ0n) is 10.0. The molecule has 0 atom stereocenters. The van der Waals surface area contributed by atoms with Crippen LogP contribution in [-0.2, 0) is 4.79 Å². The molecule has 1 amide bonds. The van der Waals surface area contributed by atoms with Gasteiger partial charge in [-0.1, -0.05) is 36.4 Å². The summed E-state index contributed by atoms with van der Waals surface area (Å²) in [6.07, 6.45) is 0. The predicted octanol–water partition coefficient (Wildman–Crippen LogP) is 3.62. The van der Waals surface area contributed by atoms with E-state index in [1.54, 1.807) is 0 Å². The van der Waals surface area contributed by atoms with Gasteiger partial charge in [-0.05, 0) is 35.7 Å². The van der Waals surface area contributed by atoms with Crippen molar-refractivity contribution < 1.29 is 4.79 Å². The highest BCUT2D eigenvalue weighted by Crippen LogP contribution is 2.24. The van der Waals surface area contributed by atoms with Crippen LogP contribution in [0.1, 0.15) is 12.5 Å². The molecule has 0 bridgehead atoms. The van der Waals surface area contributed by atoms with Crippen LogP contribution in [0.15, 0.2) is 48.5 Å². The molecule has 0 fully saturated rings. The second kappa shape index (κ2) is 4.83. The molecule has 0 aromatic heterocycles. The number of hydrogen-bond donors (Lipinski definition) is 1. The molecule has 2 aromatic carbocycles. The Balaban J connectivity index is 2.42. The smallest absolute Gasteiger partial charge is 0.221 e. The van der Waals surface area contributed by atoms with Crippen molar-refractivity contribution in [1.29, 1.82) is 0 Å². The largest absolute Gasteiger partial charge is 0.326 e. The molecule has 2 aromatic rings. The van der Waals surface area contributed by atoms with E-state index in [0.29, 0.717) is 0 Å². The monoisotopic (exact) mass is 225 g/mol. The lowest BCUT2D eigenvalue weighted by atomic mass is 10.0. The highest BCUT2D eigenvalue weighted by atomic mass is 16.1. The molecule has 86 valence electrons. The fourth-order valence-electron chi connectivity index (χ4n) is 1.86. The normalized spacial score (nSPS) is 10.0. The summed E-state index contributed by atoms with van der Waals surface area (Å²) in [7, 11) is 0. The fraction of sp³-hybridized carbons (Fsp3) is 0.133. The van der Waals surface area contributed by atoms with Gasteiger partial charge in [0.1, 0.15) is 0 Å². The topological polar surface area (TPSA) is 29.1 Å². The van der Waals surface area contributed by atoms with E-state index in [1.807, 2.05) is 37.3 Å². The molecule has 0 aliphatic heterocycles. The van der Waals surface area contributed by atoms with Gasteiger partial charge >= 0.3 is 0 Å². The van der Waals surface area contributed by atoms with E-state index in [-0.39, 0.29) is 5.91 Å². The van der Waals surface area contributed by atoms with Gasteiger partial charge in [0.2, 0.25) is 5.91 Å². The van der Waals surface area contributed by atoms with Crippen molar-refractivity contribution in [1.82, 2.24) is 0 Å². The molecule has 0 spiro atoms. The first-order chi connectivity index (χ1) is 8.15. The number of anilines is 1. The number of aryl methyl sites for hydroxylation is 1. The average molecular weight is 225 g/mol. The van der Waals surface area contributed by atoms with Crippen molar-refractivity contribution >= 4 is 11.6 Å². The van der Waals surface area contributed by atoms with Crippen molar-refractivity contribution in [3.05, 3.63) is 54.1 Å². The second-order valence-corrected chi connectivity index (χ2v) is 4.13. The predicted molar refractivity (Wildman–Crippen MR) is 70.9 cm³/mol. The second-order valence-electron chi connectivity index (χ2n) is 4.13. The van der Waals surface area contributed by atoms with Crippen molar-refractivity contribution in [2.75, 3.05) is 5.32 Å². The molecule has 2 nitrogen and oxygen atoms in total. The van der Waals surface area contributed by atoms with Crippen molar-refractivity contribution in [2.45, 2.75) is 13.8 Å². The Bertz CT molecular complexity index is 532. The first-order valence-corrected chi connectivity index (χ1v) is 5.60. The molecule has 0 saturated carbocycles. The lowest BCUT2D eigenvalue weighted by Gasteiger charge is -2.08. The van der Waals surface area contributed by atoms with E-state index >= 15 is 0 Å². The third kappa shape index (κ3) is 2.94. The quantitative estimate of drug-likeness (QED) is 0.831. The van der Waals surface area contributed by atoms with E-state index in [9.17, 15) is 4.79 Å². The number of carbonyl (C=O) groups is 1. The average Bonchev–Trinajstić information content (AvgIpc) is 2.28. The summed E-state index contributed by atoms with van der Waals surface area (Å²) < 4.78 is 0. The Morgan fingerprint density at radius 1 is 1.00 bits per heavy atom. The van der Waals surface area contributed by atoms with Gasteiger partial charge in [0, 0.05) is 12.6 Å². The Labute approximate surface area is 101 Å². The maximum absolute atomic E-state index is 11.1. The lowest BCUT2D eigenvalue weighted by Crippen LogP contribution is -2.05. The Kier molecular flexibility index (Phi) is 3.24. The SMILES string of the molecule is CC(=O)Nc1cc(C)cc(-c2ccccc2)c1. The fourth-order valence-corrected chi connectivity index (χ4v) is 1.86. The maximum Gasteiger partial charge on any atom is 0.221 e. The van der Waals surface area contributed by atoms with Crippen LogP contribution in [0.3, 0.4) is 0 Å². The molecule has 0 heterocycles. The van der Waals surface area contributed by atoms with E-state index in [0.717, 1.165) is 22.4 Å². The first kappa shape index (κ1) is 11.4. The third-order valence-corrected chi connectivity index (χ3v) is 2.50. The van der Waals surface area contributed by atoms with Crippen LogP contribution in [0.2, 0.25) is 0 Å². The highest BCUT2D eigenvalue weighted by molar-refractivity contribution is 5.89. The number of amides is 1. The van der Waals surface area contributed by atoms with Crippen LogP contribution in [-0.4, -0.2) is 5.91 Å². The van der Waals surface area contributed by atoms with Gasteiger partial charge in [0.05, 0.1) is 0 Å². The summed E-state index contributed by atoms with van der Waals surface area (Å²) in [5.41, 5.74) is 4.25. The number of benzene rings is 2. The van der Waals surface area contributed by atoms with Gasteiger partial charge in [-0.2, -0.15) is 0 Å². The maximum atomic E-state index is 11.1. The standard InChI is InChI=1S/C15H15NO/c1-11-8-14(13-6-4-3-5-7-13)10-15(9-11)16-12(2)17/h3-10H,1-2H3,(H,16,17). The number of rotatable bonds is 2. The minimum Gasteiger partial charge on any atom is -0.326 e. The molecule has 0 saturated heterocycles. The summed E-state index contributed by atoms with van der Waals surface area (Å²) in [6, 6.07) is 16.2. The first-order valence-electron chi connectivity index (χ1n) is 5.60. The van der Waals surface area contributed by atoms with Gasteiger partial charge in [-0.15, -0.1) is 0 Å². The molecule has 0 radical (unpaired) electrons. The molecule has 2 heteroatoms. The van der Waals surface area contributed by atoms with E-state index in [2.05, 4.69) is 23.5 Å². The van der Waals surface area contributed by atoms with Gasteiger partial charge in [0.15, 0.2) is 0 Å². The number of carbonyl (C=O) groups excluding carboxylic acids is 1. The van der Waals surface area contributed by atoms with Crippen LogP contribution in [0, 0.1) is 6.92 Å². The van der Waals surface area contributed by atoms with Gasteiger partial charge in [0.25, 0.3) is 0 Å². The molecule has 0 unspecified atom stereocenters. The highest BCUT2D eigenvalue weighted by Gasteiger charge is 2.02. The van der Waals surface area contributed by atoms with Gasteiger partial charge in [-0.25, -0.2) is 0 Å². The van der Waals surface area contributed by atoms with Crippen LogP contribution in [0.4, 0.5) is 5.69 Å². The lowest BCUT2D eigenvalue weighted by molar-refractivity contribution is -0.114. The van der Waals surface area contributed by atoms with E-state index in [4.69, 9.17) is 0 Å². The zero-order chi connectivity index (χ0) is 12.3. The minimum absolute atomic E-state index is 0.0467. The molecule has 17 heavy (non-hydrogen) atoms. The van der Waals surface area contributed by atoms with Crippen LogP contribution in [0.25, 0.3) is 11.1 Å². The molecule has 1 N–H and O–H groups in total. The third-order valence-electron chi connectivity index (χ3n) is 2.50. The zero-order valence-corrected chi connectivity index (χ0v) is 10.0. The van der Waals surface area contributed by atoms with Crippen molar-refractivity contribution in [3.8, 4) is 11.1 Å². The number of nitrogens with one attached hydrogen (secondary N) is 1. The summed E-state index contributed by atoms with van der Waals surface area (Å²) >= 11 is 0. The Morgan fingerprint density at radius 2 is 1.71 bits per heavy atom. The summed E-state index contributed by atoms with van der Waals surface area (Å²) in [5.74, 6) is -0.0467.